The maximum absolute atomic E-state index is 12.9. The second-order valence-corrected chi connectivity index (χ2v) is 9.14. The lowest BCUT2D eigenvalue weighted by molar-refractivity contribution is -0.136. The lowest BCUT2D eigenvalue weighted by Crippen LogP contribution is -2.52. The Labute approximate surface area is 202 Å². The third kappa shape index (κ3) is 4.68. The van der Waals surface area contributed by atoms with Gasteiger partial charge >= 0.3 is 6.09 Å². The van der Waals surface area contributed by atoms with E-state index >= 15 is 0 Å². The summed E-state index contributed by atoms with van der Waals surface area (Å²) in [7, 11) is 0. The fourth-order valence-corrected chi connectivity index (χ4v) is 4.89. The highest BCUT2D eigenvalue weighted by atomic mass is 16.5. The monoisotopic (exact) mass is 477 g/mol. The Kier molecular flexibility index (Phi) is 6.10. The van der Waals surface area contributed by atoms with Gasteiger partial charge in [-0.05, 0) is 55.0 Å². The highest BCUT2D eigenvalue weighted by molar-refractivity contribution is 6.05. The number of ether oxygens (including phenoxy) is 1. The van der Waals surface area contributed by atoms with Gasteiger partial charge in [-0.15, -0.1) is 0 Å². The Morgan fingerprint density at radius 3 is 2.74 bits per heavy atom. The van der Waals surface area contributed by atoms with Crippen LogP contribution < -0.4 is 15.5 Å². The maximum Gasteiger partial charge on any atom is 0.413 e. The maximum atomic E-state index is 12.9. The van der Waals surface area contributed by atoms with Crippen LogP contribution in [0.3, 0.4) is 0 Å². The predicted octanol–water partition coefficient (Wildman–Crippen LogP) is 2.50. The fourth-order valence-electron chi connectivity index (χ4n) is 4.89. The van der Waals surface area contributed by atoms with Gasteiger partial charge in [0.25, 0.3) is 5.91 Å². The lowest BCUT2D eigenvalue weighted by Gasteiger charge is -2.29. The number of piperidine rings is 1. The zero-order valence-electron chi connectivity index (χ0n) is 19.5. The zero-order chi connectivity index (χ0) is 24.5. The molecule has 35 heavy (non-hydrogen) atoms. The molecule has 182 valence electrons. The molecule has 0 radical (unpaired) electrons. The molecular weight excluding hydrogens is 450 g/mol. The molecule has 0 spiro atoms. The van der Waals surface area contributed by atoms with E-state index in [1.165, 1.54) is 17.7 Å². The standard InChI is InChI=1S/C25H27N5O5/c1-15-10-21(26-12-20(15)29-8-2-3-9-29)27-25(34)35-14-16-4-5-17-13-30(24(33)18(17)11-16)19-6-7-22(31)28-23(19)32/h4-5,10-12,19H,2-3,6-9,13-14H2,1H3,(H,26,27,34)(H,28,31,32). The van der Waals surface area contributed by atoms with Crippen molar-refractivity contribution in [1.82, 2.24) is 15.2 Å². The summed E-state index contributed by atoms with van der Waals surface area (Å²) in [5, 5.41) is 4.95. The zero-order valence-corrected chi connectivity index (χ0v) is 19.5. The Bertz CT molecular complexity index is 1210. The molecule has 10 heteroatoms. The van der Waals surface area contributed by atoms with Crippen LogP contribution in [-0.4, -0.2) is 52.8 Å². The third-order valence-corrected chi connectivity index (χ3v) is 6.72. The van der Waals surface area contributed by atoms with Gasteiger partial charge in [0.15, 0.2) is 0 Å². The number of fused-ring (bicyclic) bond motifs is 1. The normalized spacial score (nSPS) is 19.6. The van der Waals surface area contributed by atoms with Gasteiger partial charge in [0.2, 0.25) is 11.8 Å². The number of imide groups is 1. The van der Waals surface area contributed by atoms with Crippen LogP contribution in [0.5, 0.6) is 0 Å². The molecule has 4 amide bonds. The third-order valence-electron chi connectivity index (χ3n) is 6.72. The summed E-state index contributed by atoms with van der Waals surface area (Å²) in [4.78, 5) is 57.0. The molecule has 3 aliphatic rings. The molecule has 3 aliphatic heterocycles. The molecular formula is C25H27N5O5. The van der Waals surface area contributed by atoms with Crippen molar-refractivity contribution in [3.05, 3.63) is 52.7 Å². The lowest BCUT2D eigenvalue weighted by atomic mass is 10.0. The summed E-state index contributed by atoms with van der Waals surface area (Å²) in [6.45, 7) is 4.32. The smallest absolute Gasteiger partial charge is 0.413 e. The van der Waals surface area contributed by atoms with E-state index in [2.05, 4.69) is 20.5 Å². The molecule has 4 heterocycles. The summed E-state index contributed by atoms with van der Waals surface area (Å²) in [5.74, 6) is -0.612. The fraction of sp³-hybridized carbons (Fsp3) is 0.400. The molecule has 1 unspecified atom stereocenters. The molecule has 2 aromatic rings. The second kappa shape index (κ2) is 9.36. The number of nitrogens with zero attached hydrogens (tertiary/aromatic N) is 3. The van der Waals surface area contributed by atoms with Crippen molar-refractivity contribution in [1.29, 1.82) is 0 Å². The summed E-state index contributed by atoms with van der Waals surface area (Å²) < 4.78 is 5.34. The largest absolute Gasteiger partial charge is 0.444 e. The van der Waals surface area contributed by atoms with Gasteiger partial charge in [-0.1, -0.05) is 12.1 Å². The molecule has 0 saturated carbocycles. The van der Waals surface area contributed by atoms with Crippen molar-refractivity contribution in [3.8, 4) is 0 Å². The van der Waals surface area contributed by atoms with Crippen molar-refractivity contribution in [2.24, 2.45) is 0 Å². The number of amides is 4. The molecule has 1 aromatic heterocycles. The van der Waals surface area contributed by atoms with Crippen LogP contribution >= 0.6 is 0 Å². The van der Waals surface area contributed by atoms with Gasteiger partial charge < -0.3 is 14.5 Å². The number of anilines is 2. The number of hydrogen-bond acceptors (Lipinski definition) is 7. The highest BCUT2D eigenvalue weighted by Crippen LogP contribution is 2.29. The van der Waals surface area contributed by atoms with Crippen molar-refractivity contribution < 1.29 is 23.9 Å². The van der Waals surface area contributed by atoms with E-state index in [1.807, 2.05) is 13.0 Å². The van der Waals surface area contributed by atoms with Crippen LogP contribution in [0.15, 0.2) is 30.5 Å². The van der Waals surface area contributed by atoms with Gasteiger partial charge in [-0.25, -0.2) is 9.78 Å². The van der Waals surface area contributed by atoms with Gasteiger partial charge in [0.1, 0.15) is 18.5 Å². The van der Waals surface area contributed by atoms with E-state index in [-0.39, 0.29) is 24.8 Å². The minimum Gasteiger partial charge on any atom is -0.444 e. The Hall–Kier alpha value is -3.95. The number of benzene rings is 1. The van der Waals surface area contributed by atoms with Gasteiger partial charge in [0, 0.05) is 31.6 Å². The predicted molar refractivity (Wildman–Crippen MR) is 127 cm³/mol. The number of carbonyl (C=O) groups is 4. The van der Waals surface area contributed by atoms with Crippen LogP contribution in [-0.2, 0) is 27.5 Å². The first-order valence-corrected chi connectivity index (χ1v) is 11.8. The van der Waals surface area contributed by atoms with Crippen LogP contribution in [0, 0.1) is 6.92 Å². The first kappa shape index (κ1) is 22.8. The Balaban J connectivity index is 1.18. The number of hydrogen-bond donors (Lipinski definition) is 2. The average molecular weight is 478 g/mol. The molecule has 1 aromatic carbocycles. The van der Waals surface area contributed by atoms with E-state index in [9.17, 15) is 19.2 Å². The van der Waals surface area contributed by atoms with Crippen LogP contribution in [0.4, 0.5) is 16.3 Å². The summed E-state index contributed by atoms with van der Waals surface area (Å²) >= 11 is 0. The molecule has 0 bridgehead atoms. The average Bonchev–Trinajstić information content (AvgIpc) is 3.47. The number of rotatable bonds is 5. The minimum atomic E-state index is -0.661. The van der Waals surface area contributed by atoms with Gasteiger partial charge in [-0.3, -0.25) is 25.0 Å². The SMILES string of the molecule is Cc1cc(NC(=O)OCc2ccc3c(c2)C(=O)N(C2CCC(=O)NC2=O)C3)ncc1N1CCCC1. The summed E-state index contributed by atoms with van der Waals surface area (Å²) in [6, 6.07) is 6.44. The molecule has 2 N–H and O–H groups in total. The molecule has 5 rings (SSSR count). The number of carbonyl (C=O) groups excluding carboxylic acids is 4. The number of nitrogens with one attached hydrogen (secondary N) is 2. The number of aryl methyl sites for hydroxylation is 1. The Morgan fingerprint density at radius 1 is 1.20 bits per heavy atom. The van der Waals surface area contributed by atoms with Crippen molar-refractivity contribution in [3.63, 3.8) is 0 Å². The van der Waals surface area contributed by atoms with Gasteiger partial charge in [-0.2, -0.15) is 0 Å². The molecule has 10 nitrogen and oxygen atoms in total. The first-order valence-electron chi connectivity index (χ1n) is 11.8. The van der Waals surface area contributed by atoms with Crippen molar-refractivity contribution >= 4 is 35.3 Å². The Morgan fingerprint density at radius 2 is 2.00 bits per heavy atom. The quantitative estimate of drug-likeness (QED) is 0.635. The molecule has 0 aliphatic carbocycles. The number of aromatic nitrogens is 1. The summed E-state index contributed by atoms with van der Waals surface area (Å²) in [6.07, 6.45) is 4.01. The molecule has 2 saturated heterocycles. The van der Waals surface area contributed by atoms with Crippen LogP contribution in [0.2, 0.25) is 0 Å². The van der Waals surface area contributed by atoms with Crippen molar-refractivity contribution in [2.75, 3.05) is 23.3 Å². The highest BCUT2D eigenvalue weighted by Gasteiger charge is 2.39. The van der Waals surface area contributed by atoms with E-state index in [0.717, 1.165) is 29.9 Å². The van der Waals surface area contributed by atoms with E-state index in [4.69, 9.17) is 4.74 Å². The van der Waals surface area contributed by atoms with E-state index < -0.39 is 18.0 Å². The molecule has 2 fully saturated rings. The van der Waals surface area contributed by atoms with Crippen LogP contribution in [0.1, 0.15) is 52.7 Å². The second-order valence-electron chi connectivity index (χ2n) is 9.14. The molecule has 1 atom stereocenters. The number of pyridine rings is 1. The summed E-state index contributed by atoms with van der Waals surface area (Å²) in [5.41, 5.74) is 4.05. The van der Waals surface area contributed by atoms with Gasteiger partial charge in [0.05, 0.1) is 11.9 Å². The van der Waals surface area contributed by atoms with Crippen molar-refractivity contribution in [2.45, 2.75) is 51.8 Å². The minimum absolute atomic E-state index is 0.0182. The van der Waals surface area contributed by atoms with E-state index in [0.29, 0.717) is 29.9 Å². The van der Waals surface area contributed by atoms with E-state index in [1.54, 1.807) is 24.4 Å². The topological polar surface area (TPSA) is 121 Å². The first-order chi connectivity index (χ1) is 16.9. The van der Waals surface area contributed by atoms with Crippen LogP contribution in [0.25, 0.3) is 0 Å².